The number of aromatic nitrogens is 3. The van der Waals surface area contributed by atoms with Crippen LogP contribution < -0.4 is 10.2 Å². The van der Waals surface area contributed by atoms with Gasteiger partial charge in [-0.25, -0.2) is 0 Å². The quantitative estimate of drug-likeness (QED) is 0.922. The highest BCUT2D eigenvalue weighted by Crippen LogP contribution is 2.30. The fourth-order valence-electron chi connectivity index (χ4n) is 1.46. The maximum absolute atomic E-state index is 6.16. The van der Waals surface area contributed by atoms with Crippen molar-refractivity contribution in [2.45, 2.75) is 6.92 Å². The molecule has 0 spiro atoms. The van der Waals surface area contributed by atoms with E-state index in [1.807, 2.05) is 21.0 Å². The highest BCUT2D eigenvalue weighted by molar-refractivity contribution is 6.35. The highest BCUT2D eigenvalue weighted by Gasteiger charge is 2.10. The van der Waals surface area contributed by atoms with Crippen molar-refractivity contribution < 1.29 is 0 Å². The van der Waals surface area contributed by atoms with Gasteiger partial charge in [-0.05, 0) is 36.2 Å². The van der Waals surface area contributed by atoms with Gasteiger partial charge in [-0.2, -0.15) is 15.0 Å². The molecular weight excluding hydrogens is 321 g/mol. The van der Waals surface area contributed by atoms with Crippen molar-refractivity contribution in [1.29, 1.82) is 0 Å². The molecule has 0 unspecified atom stereocenters. The molecule has 0 aliphatic heterocycles. The van der Waals surface area contributed by atoms with Gasteiger partial charge in [0.1, 0.15) is 0 Å². The molecule has 0 aliphatic rings. The molecule has 8 heteroatoms. The number of rotatable bonds is 3. The lowest BCUT2D eigenvalue weighted by atomic mass is 10.2. The van der Waals surface area contributed by atoms with Gasteiger partial charge >= 0.3 is 0 Å². The van der Waals surface area contributed by atoms with E-state index in [-0.39, 0.29) is 5.28 Å². The Morgan fingerprint density at radius 2 is 1.70 bits per heavy atom. The number of hydrogen-bond acceptors (Lipinski definition) is 5. The lowest BCUT2D eigenvalue weighted by Gasteiger charge is -2.13. The smallest absolute Gasteiger partial charge is 0.233 e. The van der Waals surface area contributed by atoms with E-state index in [9.17, 15) is 0 Å². The molecule has 0 atom stereocenters. The van der Waals surface area contributed by atoms with E-state index in [0.717, 1.165) is 5.56 Å². The van der Waals surface area contributed by atoms with E-state index in [4.69, 9.17) is 34.8 Å². The molecule has 0 saturated heterocycles. The van der Waals surface area contributed by atoms with Crippen LogP contribution in [0.5, 0.6) is 0 Å². The van der Waals surface area contributed by atoms with Crippen LogP contribution >= 0.6 is 34.8 Å². The molecule has 2 aromatic rings. The van der Waals surface area contributed by atoms with Gasteiger partial charge in [0, 0.05) is 19.1 Å². The Bertz CT molecular complexity index is 645. The SMILES string of the molecule is Cc1cc(Cl)c(Nc2nc(Cl)nc(N(C)C)n2)cc1Cl. The molecular formula is C12H12Cl3N5. The minimum absolute atomic E-state index is 0.0977. The normalized spacial score (nSPS) is 10.5. The van der Waals surface area contributed by atoms with Crippen LogP contribution in [0.4, 0.5) is 17.6 Å². The average Bonchev–Trinajstić information content (AvgIpc) is 2.35. The second-order valence-electron chi connectivity index (χ2n) is 4.33. The third-order valence-corrected chi connectivity index (χ3v) is 3.38. The number of aryl methyl sites for hydroxylation is 1. The zero-order valence-corrected chi connectivity index (χ0v) is 13.3. The van der Waals surface area contributed by atoms with Crippen LogP contribution in [0, 0.1) is 6.92 Å². The zero-order chi connectivity index (χ0) is 14.9. The largest absolute Gasteiger partial charge is 0.347 e. The number of benzene rings is 1. The first kappa shape index (κ1) is 15.1. The van der Waals surface area contributed by atoms with Crippen LogP contribution in [-0.2, 0) is 0 Å². The fraction of sp³-hybridized carbons (Fsp3) is 0.250. The van der Waals surface area contributed by atoms with Gasteiger partial charge in [0.2, 0.25) is 17.2 Å². The third-order valence-electron chi connectivity index (χ3n) is 2.49. The number of nitrogens with one attached hydrogen (secondary N) is 1. The standard InChI is InChI=1S/C12H12Cl3N5/c1-6-4-8(14)9(5-7(6)13)16-11-17-10(15)18-12(19-11)20(2)3/h4-5H,1-3H3,(H,16,17,18,19). The second-order valence-corrected chi connectivity index (χ2v) is 5.48. The van der Waals surface area contributed by atoms with Crippen LogP contribution in [0.25, 0.3) is 0 Å². The van der Waals surface area contributed by atoms with E-state index in [0.29, 0.717) is 27.6 Å². The topological polar surface area (TPSA) is 53.9 Å². The first-order valence-corrected chi connectivity index (χ1v) is 6.82. The molecule has 1 aromatic carbocycles. The van der Waals surface area contributed by atoms with Crippen molar-refractivity contribution in [2.75, 3.05) is 24.3 Å². The summed E-state index contributed by atoms with van der Waals surface area (Å²) in [4.78, 5) is 14.0. The molecule has 0 radical (unpaired) electrons. The molecule has 0 aliphatic carbocycles. The van der Waals surface area contributed by atoms with Crippen molar-refractivity contribution in [3.63, 3.8) is 0 Å². The minimum Gasteiger partial charge on any atom is -0.347 e. The van der Waals surface area contributed by atoms with E-state index in [1.54, 1.807) is 17.0 Å². The Hall–Kier alpha value is -1.30. The minimum atomic E-state index is 0.0977. The van der Waals surface area contributed by atoms with E-state index in [2.05, 4.69) is 20.3 Å². The summed E-state index contributed by atoms with van der Waals surface area (Å²) in [5.74, 6) is 0.748. The summed E-state index contributed by atoms with van der Waals surface area (Å²) in [6.45, 7) is 1.88. The van der Waals surface area contributed by atoms with Crippen LogP contribution in [-0.4, -0.2) is 29.0 Å². The Labute approximate surface area is 131 Å². The maximum Gasteiger partial charge on any atom is 0.233 e. The predicted molar refractivity (Wildman–Crippen MR) is 83.6 cm³/mol. The molecule has 106 valence electrons. The highest BCUT2D eigenvalue weighted by atomic mass is 35.5. The molecule has 2 rings (SSSR count). The summed E-state index contributed by atoms with van der Waals surface area (Å²) >= 11 is 18.1. The number of hydrogen-bond donors (Lipinski definition) is 1. The van der Waals surface area contributed by atoms with Crippen molar-refractivity contribution in [2.24, 2.45) is 0 Å². The molecule has 5 nitrogen and oxygen atoms in total. The Morgan fingerprint density at radius 1 is 1.00 bits per heavy atom. The first-order valence-electron chi connectivity index (χ1n) is 5.68. The summed E-state index contributed by atoms with van der Waals surface area (Å²) in [5, 5.41) is 4.21. The van der Waals surface area contributed by atoms with Crippen molar-refractivity contribution in [1.82, 2.24) is 15.0 Å². The van der Waals surface area contributed by atoms with E-state index >= 15 is 0 Å². The molecule has 1 N–H and O–H groups in total. The second kappa shape index (κ2) is 5.99. The predicted octanol–water partition coefficient (Wildman–Crippen LogP) is 3.95. The van der Waals surface area contributed by atoms with Crippen molar-refractivity contribution in [3.8, 4) is 0 Å². The van der Waals surface area contributed by atoms with Gasteiger partial charge in [0.15, 0.2) is 0 Å². The molecule has 0 saturated carbocycles. The van der Waals surface area contributed by atoms with Crippen LogP contribution in [0.1, 0.15) is 5.56 Å². The van der Waals surface area contributed by atoms with Gasteiger partial charge in [-0.3, -0.25) is 0 Å². The number of nitrogens with zero attached hydrogens (tertiary/aromatic N) is 4. The Kier molecular flexibility index (Phi) is 4.52. The maximum atomic E-state index is 6.16. The lowest BCUT2D eigenvalue weighted by molar-refractivity contribution is 0.961. The summed E-state index contributed by atoms with van der Waals surface area (Å²) in [6.07, 6.45) is 0. The average molecular weight is 333 g/mol. The summed E-state index contributed by atoms with van der Waals surface area (Å²) < 4.78 is 0. The third kappa shape index (κ3) is 3.42. The van der Waals surface area contributed by atoms with Crippen molar-refractivity contribution >= 4 is 52.4 Å². The summed E-state index contributed by atoms with van der Waals surface area (Å²) in [7, 11) is 3.62. The Morgan fingerprint density at radius 3 is 2.35 bits per heavy atom. The fourth-order valence-corrected chi connectivity index (χ4v) is 2.04. The van der Waals surface area contributed by atoms with Gasteiger partial charge in [0.25, 0.3) is 0 Å². The molecule has 0 amide bonds. The first-order chi connectivity index (χ1) is 9.36. The molecule has 0 fully saturated rings. The number of anilines is 3. The van der Waals surface area contributed by atoms with Crippen LogP contribution in [0.3, 0.4) is 0 Å². The van der Waals surface area contributed by atoms with Crippen LogP contribution in [0.15, 0.2) is 12.1 Å². The molecule has 20 heavy (non-hydrogen) atoms. The Balaban J connectivity index is 2.37. The van der Waals surface area contributed by atoms with Gasteiger partial charge in [-0.15, -0.1) is 0 Å². The van der Waals surface area contributed by atoms with Gasteiger partial charge in [-0.1, -0.05) is 23.2 Å². The van der Waals surface area contributed by atoms with Gasteiger partial charge in [0.05, 0.1) is 10.7 Å². The summed E-state index contributed by atoms with van der Waals surface area (Å²) in [5.41, 5.74) is 1.50. The molecule has 1 heterocycles. The van der Waals surface area contributed by atoms with Gasteiger partial charge < -0.3 is 10.2 Å². The number of halogens is 3. The van der Waals surface area contributed by atoms with Crippen LogP contribution in [0.2, 0.25) is 15.3 Å². The monoisotopic (exact) mass is 331 g/mol. The summed E-state index contributed by atoms with van der Waals surface area (Å²) in [6, 6.07) is 3.48. The lowest BCUT2D eigenvalue weighted by Crippen LogP contribution is -2.14. The molecule has 0 bridgehead atoms. The van der Waals surface area contributed by atoms with E-state index < -0.39 is 0 Å². The molecule has 1 aromatic heterocycles. The van der Waals surface area contributed by atoms with E-state index in [1.165, 1.54) is 0 Å². The zero-order valence-electron chi connectivity index (χ0n) is 11.1. The van der Waals surface area contributed by atoms with Crippen molar-refractivity contribution in [3.05, 3.63) is 33.0 Å².